The number of allylic oxidation sites excluding steroid dienone is 2. The number of anilines is 1. The van der Waals surface area contributed by atoms with E-state index in [4.69, 9.17) is 23.2 Å². The Kier molecular flexibility index (Phi) is 7.33. The third-order valence-corrected chi connectivity index (χ3v) is 7.25. The first kappa shape index (κ1) is 24.4. The zero-order valence-electron chi connectivity index (χ0n) is 19.4. The van der Waals surface area contributed by atoms with E-state index in [0.29, 0.717) is 28.6 Å². The van der Waals surface area contributed by atoms with Gasteiger partial charge in [0.1, 0.15) is 0 Å². The van der Waals surface area contributed by atoms with Crippen LogP contribution >= 0.6 is 23.2 Å². The second-order valence-electron chi connectivity index (χ2n) is 8.72. The van der Waals surface area contributed by atoms with Crippen molar-refractivity contribution in [3.63, 3.8) is 0 Å². The van der Waals surface area contributed by atoms with Gasteiger partial charge in [-0.2, -0.15) is 0 Å². The summed E-state index contributed by atoms with van der Waals surface area (Å²) in [6.07, 6.45) is 5.79. The first-order valence-electron chi connectivity index (χ1n) is 11.5. The number of piperazine rings is 1. The predicted molar refractivity (Wildman–Crippen MR) is 135 cm³/mol. The number of amides is 3. The maximum absolute atomic E-state index is 12.9. The molecule has 180 valence electrons. The van der Waals surface area contributed by atoms with Crippen LogP contribution in [-0.2, 0) is 10.3 Å². The largest absolute Gasteiger partial charge is 0.371 e. The Balaban J connectivity index is 1.49. The van der Waals surface area contributed by atoms with Crippen molar-refractivity contribution in [2.45, 2.75) is 44.7 Å². The molecule has 2 N–H and O–H groups in total. The van der Waals surface area contributed by atoms with Crippen LogP contribution in [0.5, 0.6) is 0 Å². The average molecular weight is 502 g/mol. The van der Waals surface area contributed by atoms with Crippen LogP contribution in [0.4, 0.5) is 10.5 Å². The summed E-state index contributed by atoms with van der Waals surface area (Å²) in [7, 11) is 0. The normalized spacial score (nSPS) is 23.2. The summed E-state index contributed by atoms with van der Waals surface area (Å²) in [5, 5.41) is 6.34. The van der Waals surface area contributed by atoms with Crippen LogP contribution in [0.1, 0.15) is 38.8 Å². The first-order valence-corrected chi connectivity index (χ1v) is 12.3. The van der Waals surface area contributed by atoms with Crippen LogP contribution in [0.2, 0.25) is 10.0 Å². The van der Waals surface area contributed by atoms with E-state index >= 15 is 0 Å². The van der Waals surface area contributed by atoms with Crippen LogP contribution in [-0.4, -0.2) is 47.5 Å². The number of rotatable bonds is 7. The Morgan fingerprint density at radius 3 is 2.65 bits per heavy atom. The maximum Gasteiger partial charge on any atom is 0.322 e. The maximum atomic E-state index is 12.9. The molecule has 2 atom stereocenters. The van der Waals surface area contributed by atoms with E-state index in [9.17, 15) is 9.59 Å². The lowest BCUT2D eigenvalue weighted by Crippen LogP contribution is -2.52. The van der Waals surface area contributed by atoms with Crippen molar-refractivity contribution in [1.82, 2.24) is 20.5 Å². The lowest BCUT2D eigenvalue weighted by molar-refractivity contribution is -0.124. The summed E-state index contributed by atoms with van der Waals surface area (Å²) >= 11 is 12.3. The lowest BCUT2D eigenvalue weighted by Gasteiger charge is -2.43. The molecule has 7 nitrogen and oxygen atoms in total. The highest BCUT2D eigenvalue weighted by atomic mass is 35.5. The van der Waals surface area contributed by atoms with Crippen LogP contribution in [0.3, 0.4) is 0 Å². The van der Waals surface area contributed by atoms with Gasteiger partial charge in [-0.15, -0.1) is 0 Å². The fraction of sp³-hybridized carbons (Fsp3) is 0.400. The van der Waals surface area contributed by atoms with Crippen molar-refractivity contribution in [3.05, 3.63) is 70.1 Å². The molecule has 3 heterocycles. The molecule has 0 radical (unpaired) electrons. The number of carbonyl (C=O) groups excluding carboxylic acids is 2. The molecule has 2 fully saturated rings. The highest BCUT2D eigenvalue weighted by Crippen LogP contribution is 2.33. The molecule has 0 aliphatic carbocycles. The number of hydrogen-bond acceptors (Lipinski definition) is 5. The third kappa shape index (κ3) is 4.86. The molecule has 1 aromatic heterocycles. The Morgan fingerprint density at radius 2 is 2.03 bits per heavy atom. The molecule has 1 unspecified atom stereocenters. The summed E-state index contributed by atoms with van der Waals surface area (Å²) in [4.78, 5) is 34.0. The second-order valence-corrected chi connectivity index (χ2v) is 9.53. The molecular weight excluding hydrogens is 473 g/mol. The Morgan fingerprint density at radius 1 is 1.21 bits per heavy atom. The Hall–Kier alpha value is -2.77. The molecule has 1 aromatic carbocycles. The number of halogens is 2. The predicted octanol–water partition coefficient (Wildman–Crippen LogP) is 4.71. The van der Waals surface area contributed by atoms with Crippen LogP contribution in [0.15, 0.2) is 54.4 Å². The number of aromatic nitrogens is 1. The number of imide groups is 1. The lowest BCUT2D eigenvalue weighted by atomic mass is 9.88. The average Bonchev–Trinajstić information content (AvgIpc) is 3.13. The standard InChI is InChI=1S/C25H29Cl2N5O2/c1-3-6-18(10-11-25(22-7-4-5-12-28-22)23(33)29-24(34)30-25)31-13-14-32(17(2)16-31)19-8-9-20(26)21(27)15-19/h4-9,12,15,17H,3,10-11,13-14,16H2,1-2H3,(H2,29,30,33,34)/b18-6+/t17-,25?/m0/s1. The highest BCUT2D eigenvalue weighted by molar-refractivity contribution is 6.42. The van der Waals surface area contributed by atoms with Gasteiger partial charge in [-0.3, -0.25) is 15.1 Å². The second kappa shape index (κ2) is 10.2. The topological polar surface area (TPSA) is 77.6 Å². The van der Waals surface area contributed by atoms with Gasteiger partial charge in [0.2, 0.25) is 0 Å². The molecule has 3 amide bonds. The minimum atomic E-state index is -1.17. The molecule has 4 rings (SSSR count). The van der Waals surface area contributed by atoms with E-state index < -0.39 is 11.6 Å². The third-order valence-electron chi connectivity index (χ3n) is 6.51. The minimum Gasteiger partial charge on any atom is -0.371 e. The van der Waals surface area contributed by atoms with E-state index in [1.807, 2.05) is 24.3 Å². The van der Waals surface area contributed by atoms with Gasteiger partial charge in [0.25, 0.3) is 5.91 Å². The van der Waals surface area contributed by atoms with Crippen molar-refractivity contribution in [1.29, 1.82) is 0 Å². The van der Waals surface area contributed by atoms with Gasteiger partial charge in [0.15, 0.2) is 5.54 Å². The summed E-state index contributed by atoms with van der Waals surface area (Å²) in [6.45, 7) is 6.81. The van der Waals surface area contributed by atoms with Gasteiger partial charge in [-0.25, -0.2) is 4.79 Å². The molecule has 2 aromatic rings. The van der Waals surface area contributed by atoms with E-state index in [1.165, 1.54) is 5.70 Å². The minimum absolute atomic E-state index is 0.255. The summed E-state index contributed by atoms with van der Waals surface area (Å²) in [6, 6.07) is 10.9. The summed E-state index contributed by atoms with van der Waals surface area (Å²) in [5.74, 6) is -0.357. The fourth-order valence-corrected chi connectivity index (χ4v) is 5.09. The van der Waals surface area contributed by atoms with Crippen molar-refractivity contribution < 1.29 is 9.59 Å². The molecule has 2 saturated heterocycles. The van der Waals surface area contributed by atoms with Crippen molar-refractivity contribution in [2.24, 2.45) is 0 Å². The van der Waals surface area contributed by atoms with Crippen LogP contribution < -0.4 is 15.5 Å². The Labute approximate surface area is 210 Å². The quantitative estimate of drug-likeness (QED) is 0.537. The number of nitrogens with zero attached hydrogens (tertiary/aromatic N) is 3. The van der Waals surface area contributed by atoms with Gasteiger partial charge in [-0.05, 0) is 56.5 Å². The van der Waals surface area contributed by atoms with Gasteiger partial charge in [0.05, 0.1) is 15.7 Å². The summed E-state index contributed by atoms with van der Waals surface area (Å²) in [5.41, 5.74) is 1.61. The summed E-state index contributed by atoms with van der Waals surface area (Å²) < 4.78 is 0. The fourth-order valence-electron chi connectivity index (χ4n) is 4.80. The van der Waals surface area contributed by atoms with E-state index in [0.717, 1.165) is 31.7 Å². The van der Waals surface area contributed by atoms with Gasteiger partial charge >= 0.3 is 6.03 Å². The number of nitrogens with one attached hydrogen (secondary N) is 2. The number of benzene rings is 1. The number of hydrogen-bond donors (Lipinski definition) is 2. The molecule has 0 spiro atoms. The molecule has 34 heavy (non-hydrogen) atoms. The first-order chi connectivity index (χ1) is 16.3. The monoisotopic (exact) mass is 501 g/mol. The van der Waals surface area contributed by atoms with E-state index in [1.54, 1.807) is 18.3 Å². The zero-order chi connectivity index (χ0) is 24.3. The molecular formula is C25H29Cl2N5O2. The molecule has 2 aliphatic heterocycles. The number of carbonyl (C=O) groups is 2. The molecule has 2 aliphatic rings. The Bertz CT molecular complexity index is 1090. The van der Waals surface area contributed by atoms with Crippen LogP contribution in [0, 0.1) is 0 Å². The van der Waals surface area contributed by atoms with Crippen molar-refractivity contribution >= 4 is 40.8 Å². The SMILES string of the molecule is CC/C=C(\CCC1(c2ccccn2)NC(=O)NC1=O)N1CCN(c2ccc(Cl)c(Cl)c2)[C@@H](C)C1. The number of pyridine rings is 1. The highest BCUT2D eigenvalue weighted by Gasteiger charge is 2.48. The van der Waals surface area contributed by atoms with Gasteiger partial charge in [-0.1, -0.05) is 42.3 Å². The van der Waals surface area contributed by atoms with E-state index in [2.05, 4.69) is 45.3 Å². The van der Waals surface area contributed by atoms with Gasteiger partial charge < -0.3 is 15.1 Å². The molecule has 0 bridgehead atoms. The molecule has 9 heteroatoms. The van der Waals surface area contributed by atoms with Gasteiger partial charge in [0, 0.05) is 43.3 Å². The molecule has 0 saturated carbocycles. The van der Waals surface area contributed by atoms with Crippen molar-refractivity contribution in [2.75, 3.05) is 24.5 Å². The number of urea groups is 1. The van der Waals surface area contributed by atoms with E-state index in [-0.39, 0.29) is 11.9 Å². The smallest absolute Gasteiger partial charge is 0.322 e. The zero-order valence-corrected chi connectivity index (χ0v) is 20.9. The van der Waals surface area contributed by atoms with Crippen molar-refractivity contribution in [3.8, 4) is 0 Å². The van der Waals surface area contributed by atoms with Crippen LogP contribution in [0.25, 0.3) is 0 Å².